The van der Waals surface area contributed by atoms with Gasteiger partial charge in [-0.15, -0.1) is 13.2 Å². The molecule has 0 radical (unpaired) electrons. The fourth-order valence-electron chi connectivity index (χ4n) is 2.04. The van der Waals surface area contributed by atoms with E-state index in [1.165, 1.54) is 43.5 Å². The second kappa shape index (κ2) is 6.60. The Balaban J connectivity index is 2.31. The van der Waals surface area contributed by atoms with Gasteiger partial charge in [0, 0.05) is 11.6 Å². The minimum Gasteiger partial charge on any atom is -0.496 e. The van der Waals surface area contributed by atoms with E-state index in [4.69, 9.17) is 4.74 Å². The second-order valence-electron chi connectivity index (χ2n) is 4.86. The van der Waals surface area contributed by atoms with Crippen LogP contribution in [0.4, 0.5) is 18.9 Å². The highest BCUT2D eigenvalue weighted by molar-refractivity contribution is 7.92. The maximum absolute atomic E-state index is 12.2. The van der Waals surface area contributed by atoms with E-state index in [-0.39, 0.29) is 5.75 Å². The third-order valence-electron chi connectivity index (χ3n) is 2.90. The van der Waals surface area contributed by atoms with E-state index in [0.717, 1.165) is 6.26 Å². The molecular formula is C15H14F3NO4S. The number of alkyl halides is 3. The van der Waals surface area contributed by atoms with Gasteiger partial charge in [-0.1, -0.05) is 12.1 Å². The van der Waals surface area contributed by atoms with Crippen molar-refractivity contribution in [2.75, 3.05) is 18.1 Å². The zero-order valence-electron chi connectivity index (χ0n) is 12.7. The van der Waals surface area contributed by atoms with Crippen molar-refractivity contribution < 1.29 is 31.1 Å². The smallest absolute Gasteiger partial charge is 0.496 e. The molecule has 9 heteroatoms. The molecule has 2 aromatic carbocycles. The summed E-state index contributed by atoms with van der Waals surface area (Å²) in [6, 6.07) is 9.88. The Hall–Kier alpha value is -2.42. The molecule has 24 heavy (non-hydrogen) atoms. The Morgan fingerprint density at radius 1 is 1.04 bits per heavy atom. The molecule has 0 aliphatic carbocycles. The first-order chi connectivity index (χ1) is 11.1. The summed E-state index contributed by atoms with van der Waals surface area (Å²) in [6.45, 7) is 0. The van der Waals surface area contributed by atoms with Gasteiger partial charge in [0.15, 0.2) is 0 Å². The molecular weight excluding hydrogens is 347 g/mol. The molecule has 0 aliphatic rings. The van der Waals surface area contributed by atoms with Crippen LogP contribution in [0.3, 0.4) is 0 Å². The lowest BCUT2D eigenvalue weighted by Crippen LogP contribution is -2.16. The second-order valence-corrected chi connectivity index (χ2v) is 6.61. The lowest BCUT2D eigenvalue weighted by molar-refractivity contribution is -0.274. The van der Waals surface area contributed by atoms with Crippen LogP contribution in [0.15, 0.2) is 42.5 Å². The third-order valence-corrected chi connectivity index (χ3v) is 3.51. The van der Waals surface area contributed by atoms with Crippen LogP contribution in [0, 0.1) is 0 Å². The SMILES string of the molecule is COc1cc(NS(C)(=O)=O)ccc1-c1ccc(OC(F)(F)F)cc1. The van der Waals surface area contributed by atoms with Gasteiger partial charge >= 0.3 is 6.36 Å². The number of benzene rings is 2. The number of nitrogens with one attached hydrogen (secondary N) is 1. The summed E-state index contributed by atoms with van der Waals surface area (Å²) in [7, 11) is -2.02. The van der Waals surface area contributed by atoms with Gasteiger partial charge in [-0.3, -0.25) is 4.72 Å². The monoisotopic (exact) mass is 361 g/mol. The van der Waals surface area contributed by atoms with Gasteiger partial charge in [-0.05, 0) is 29.8 Å². The molecule has 1 N–H and O–H groups in total. The first kappa shape index (κ1) is 17.9. The largest absolute Gasteiger partial charge is 0.573 e. The number of hydrogen-bond donors (Lipinski definition) is 1. The first-order valence-electron chi connectivity index (χ1n) is 6.59. The molecule has 0 saturated heterocycles. The van der Waals surface area contributed by atoms with Gasteiger partial charge < -0.3 is 9.47 Å². The molecule has 0 fully saturated rings. The molecule has 0 atom stereocenters. The zero-order valence-corrected chi connectivity index (χ0v) is 13.5. The van der Waals surface area contributed by atoms with Crippen molar-refractivity contribution in [3.8, 4) is 22.6 Å². The molecule has 2 aromatic rings. The summed E-state index contributed by atoms with van der Waals surface area (Å²) < 4.78 is 70.3. The van der Waals surface area contributed by atoms with Crippen LogP contribution in [-0.2, 0) is 10.0 Å². The number of methoxy groups -OCH3 is 1. The van der Waals surface area contributed by atoms with Crippen LogP contribution in [0.5, 0.6) is 11.5 Å². The van der Waals surface area contributed by atoms with E-state index in [2.05, 4.69) is 9.46 Å². The molecule has 0 bridgehead atoms. The minimum absolute atomic E-state index is 0.315. The van der Waals surface area contributed by atoms with Crippen molar-refractivity contribution >= 4 is 15.7 Å². The highest BCUT2D eigenvalue weighted by atomic mass is 32.2. The van der Waals surface area contributed by atoms with Crippen LogP contribution in [0.2, 0.25) is 0 Å². The summed E-state index contributed by atoms with van der Waals surface area (Å²) >= 11 is 0. The molecule has 2 rings (SSSR count). The fourth-order valence-corrected chi connectivity index (χ4v) is 2.60. The fraction of sp³-hybridized carbons (Fsp3) is 0.200. The lowest BCUT2D eigenvalue weighted by Gasteiger charge is -2.13. The van der Waals surface area contributed by atoms with Crippen LogP contribution in [-0.4, -0.2) is 28.1 Å². The Morgan fingerprint density at radius 2 is 1.67 bits per heavy atom. The average Bonchev–Trinajstić information content (AvgIpc) is 2.45. The van der Waals surface area contributed by atoms with Crippen molar-refractivity contribution in [2.45, 2.75) is 6.36 Å². The number of anilines is 1. The summed E-state index contributed by atoms with van der Waals surface area (Å²) in [5.41, 5.74) is 1.50. The summed E-state index contributed by atoms with van der Waals surface area (Å²) in [6.07, 6.45) is -3.73. The van der Waals surface area contributed by atoms with Gasteiger partial charge in [0.2, 0.25) is 10.0 Å². The average molecular weight is 361 g/mol. The first-order valence-corrected chi connectivity index (χ1v) is 8.48. The van der Waals surface area contributed by atoms with Gasteiger partial charge in [0.25, 0.3) is 0 Å². The number of ether oxygens (including phenoxy) is 2. The van der Waals surface area contributed by atoms with Gasteiger partial charge in [0.05, 0.1) is 19.1 Å². The number of rotatable bonds is 5. The Morgan fingerprint density at radius 3 is 2.17 bits per heavy atom. The van der Waals surface area contributed by atoms with E-state index in [1.54, 1.807) is 6.07 Å². The number of hydrogen-bond acceptors (Lipinski definition) is 4. The summed E-state index contributed by atoms with van der Waals surface area (Å²) in [4.78, 5) is 0. The summed E-state index contributed by atoms with van der Waals surface area (Å²) in [5.74, 6) is 0.0359. The molecule has 0 saturated carbocycles. The number of halogens is 3. The van der Waals surface area contributed by atoms with Crippen molar-refractivity contribution in [1.29, 1.82) is 0 Å². The zero-order chi connectivity index (χ0) is 18.0. The molecule has 0 aliphatic heterocycles. The maximum atomic E-state index is 12.2. The maximum Gasteiger partial charge on any atom is 0.573 e. The standard InChI is InChI=1S/C15H14F3NO4S/c1-22-14-9-11(19-24(2,20)21)5-8-13(14)10-3-6-12(7-4-10)23-15(16,17)18/h3-9,19H,1-2H3. The van der Waals surface area contributed by atoms with Gasteiger partial charge in [-0.2, -0.15) is 0 Å². The molecule has 0 unspecified atom stereocenters. The molecule has 0 aromatic heterocycles. The highest BCUT2D eigenvalue weighted by Gasteiger charge is 2.31. The van der Waals surface area contributed by atoms with Gasteiger partial charge in [0.1, 0.15) is 11.5 Å². The van der Waals surface area contributed by atoms with Crippen molar-refractivity contribution in [3.63, 3.8) is 0 Å². The molecule has 5 nitrogen and oxygen atoms in total. The summed E-state index contributed by atoms with van der Waals surface area (Å²) in [5, 5.41) is 0. The van der Waals surface area contributed by atoms with E-state index in [9.17, 15) is 21.6 Å². The van der Waals surface area contributed by atoms with E-state index < -0.39 is 16.4 Å². The van der Waals surface area contributed by atoms with Crippen LogP contribution >= 0.6 is 0 Å². The van der Waals surface area contributed by atoms with Crippen molar-refractivity contribution in [2.24, 2.45) is 0 Å². The topological polar surface area (TPSA) is 64.6 Å². The van der Waals surface area contributed by atoms with Crippen molar-refractivity contribution in [1.82, 2.24) is 0 Å². The highest BCUT2D eigenvalue weighted by Crippen LogP contribution is 2.34. The Bertz CT molecular complexity index is 818. The van der Waals surface area contributed by atoms with E-state index in [1.807, 2.05) is 0 Å². The lowest BCUT2D eigenvalue weighted by atomic mass is 10.0. The van der Waals surface area contributed by atoms with E-state index in [0.29, 0.717) is 22.6 Å². The van der Waals surface area contributed by atoms with Gasteiger partial charge in [-0.25, -0.2) is 8.42 Å². The molecule has 0 spiro atoms. The number of sulfonamides is 1. The molecule has 0 heterocycles. The van der Waals surface area contributed by atoms with Crippen LogP contribution in [0.1, 0.15) is 0 Å². The third kappa shape index (κ3) is 5.05. The Kier molecular flexibility index (Phi) is 4.93. The predicted molar refractivity (Wildman–Crippen MR) is 83.6 cm³/mol. The quantitative estimate of drug-likeness (QED) is 0.883. The predicted octanol–water partition coefficient (Wildman–Crippen LogP) is 3.63. The minimum atomic E-state index is -4.75. The van der Waals surface area contributed by atoms with E-state index >= 15 is 0 Å². The normalized spacial score (nSPS) is 11.9. The van der Waals surface area contributed by atoms with Crippen molar-refractivity contribution in [3.05, 3.63) is 42.5 Å². The molecule has 0 amide bonds. The molecule has 130 valence electrons. The van der Waals surface area contributed by atoms with Crippen LogP contribution in [0.25, 0.3) is 11.1 Å². The van der Waals surface area contributed by atoms with Crippen LogP contribution < -0.4 is 14.2 Å². The Labute approximate surface area is 137 Å².